The number of ether oxygens (including phenoxy) is 2. The van der Waals surface area contributed by atoms with Gasteiger partial charge in [-0.2, -0.15) is 0 Å². The minimum atomic E-state index is -0.171. The average molecular weight is 510 g/mol. The van der Waals surface area contributed by atoms with Crippen LogP contribution in [0.2, 0.25) is 5.02 Å². The Bertz CT molecular complexity index is 1930. The van der Waals surface area contributed by atoms with E-state index in [0.29, 0.717) is 63.0 Å². The average Bonchev–Trinajstić information content (AvgIpc) is 3.50. The molecule has 7 rings (SSSR count). The van der Waals surface area contributed by atoms with Gasteiger partial charge in [-0.15, -0.1) is 0 Å². The minimum absolute atomic E-state index is 0.171. The van der Waals surface area contributed by atoms with Crippen molar-refractivity contribution in [3.63, 3.8) is 0 Å². The molecule has 0 radical (unpaired) electrons. The van der Waals surface area contributed by atoms with Gasteiger partial charge in [-0.1, -0.05) is 42.8 Å². The highest BCUT2D eigenvalue weighted by atomic mass is 35.5. The molecule has 8 nitrogen and oxygen atoms in total. The molecular weight excluding hydrogens is 490 g/mol. The second kappa shape index (κ2) is 8.31. The Labute approximate surface area is 215 Å². The molecular formula is C28H20ClN5O3. The van der Waals surface area contributed by atoms with Crippen LogP contribution in [0.15, 0.2) is 71.5 Å². The maximum Gasteiger partial charge on any atom is 0.265 e. The Kier molecular flexibility index (Phi) is 4.90. The lowest BCUT2D eigenvalue weighted by atomic mass is 10.2. The summed E-state index contributed by atoms with van der Waals surface area (Å²) in [6.45, 7) is 2.52. The molecule has 1 aliphatic heterocycles. The van der Waals surface area contributed by atoms with E-state index in [2.05, 4.69) is 0 Å². The van der Waals surface area contributed by atoms with Crippen LogP contribution >= 0.6 is 11.6 Å². The minimum Gasteiger partial charge on any atom is -0.454 e. The molecule has 0 N–H and O–H groups in total. The number of halogens is 1. The molecule has 0 saturated carbocycles. The lowest BCUT2D eigenvalue weighted by Crippen LogP contribution is -2.26. The van der Waals surface area contributed by atoms with E-state index in [1.165, 1.54) is 0 Å². The fourth-order valence-electron chi connectivity index (χ4n) is 4.88. The Balaban J connectivity index is 1.54. The van der Waals surface area contributed by atoms with Crippen molar-refractivity contribution in [2.45, 2.75) is 19.9 Å². The molecule has 3 aromatic carbocycles. The summed E-state index contributed by atoms with van der Waals surface area (Å²) in [5.74, 6) is 2.03. The molecule has 0 saturated heterocycles. The van der Waals surface area contributed by atoms with Crippen molar-refractivity contribution in [2.75, 3.05) is 6.79 Å². The highest BCUT2D eigenvalue weighted by Crippen LogP contribution is 2.33. The van der Waals surface area contributed by atoms with Gasteiger partial charge in [-0.05, 0) is 48.0 Å². The van der Waals surface area contributed by atoms with Gasteiger partial charge in [0.05, 0.1) is 23.3 Å². The molecule has 0 atom stereocenters. The Hall–Kier alpha value is -4.43. The number of aryl methyl sites for hydroxylation is 1. The summed E-state index contributed by atoms with van der Waals surface area (Å²) >= 11 is 6.35. The number of benzene rings is 3. The van der Waals surface area contributed by atoms with E-state index in [-0.39, 0.29) is 12.4 Å². The first-order chi connectivity index (χ1) is 18.1. The van der Waals surface area contributed by atoms with Crippen molar-refractivity contribution in [1.82, 2.24) is 24.1 Å². The number of rotatable bonds is 4. The van der Waals surface area contributed by atoms with Crippen LogP contribution in [-0.4, -0.2) is 30.9 Å². The fraction of sp³-hybridized carbons (Fsp3) is 0.143. The molecule has 1 aliphatic rings. The normalized spacial score (nSPS) is 12.7. The lowest BCUT2D eigenvalue weighted by molar-refractivity contribution is 0.174. The quantitative estimate of drug-likeness (QED) is 0.321. The van der Waals surface area contributed by atoms with Gasteiger partial charge in [0.2, 0.25) is 6.79 Å². The van der Waals surface area contributed by atoms with Crippen molar-refractivity contribution in [3.8, 4) is 17.2 Å². The third-order valence-electron chi connectivity index (χ3n) is 6.60. The SMILES string of the molecule is CCc1nc2c(c(=O)n1Cc1ccc3c(c1)OCO3)c1nc3ccccc3nc1n2-c1cccc(Cl)c1. The predicted octanol–water partition coefficient (Wildman–Crippen LogP) is 5.28. The van der Waals surface area contributed by atoms with Crippen LogP contribution in [0.1, 0.15) is 18.3 Å². The molecule has 0 bridgehead atoms. The Morgan fingerprint density at radius 3 is 2.51 bits per heavy atom. The van der Waals surface area contributed by atoms with Gasteiger partial charge < -0.3 is 9.47 Å². The van der Waals surface area contributed by atoms with Crippen molar-refractivity contribution in [2.24, 2.45) is 0 Å². The van der Waals surface area contributed by atoms with Crippen LogP contribution in [0.25, 0.3) is 38.9 Å². The van der Waals surface area contributed by atoms with E-state index in [1.807, 2.05) is 78.2 Å². The summed E-state index contributed by atoms with van der Waals surface area (Å²) in [6.07, 6.45) is 0.565. The van der Waals surface area contributed by atoms with Gasteiger partial charge in [0, 0.05) is 11.4 Å². The van der Waals surface area contributed by atoms with Gasteiger partial charge in [-0.3, -0.25) is 13.9 Å². The molecule has 0 spiro atoms. The van der Waals surface area contributed by atoms with Crippen molar-refractivity contribution in [3.05, 3.63) is 93.5 Å². The monoisotopic (exact) mass is 509 g/mol. The Morgan fingerprint density at radius 1 is 0.892 bits per heavy atom. The Morgan fingerprint density at radius 2 is 1.70 bits per heavy atom. The molecule has 4 heterocycles. The maximum atomic E-state index is 14.2. The van der Waals surface area contributed by atoms with Crippen molar-refractivity contribution < 1.29 is 9.47 Å². The summed E-state index contributed by atoms with van der Waals surface area (Å²) in [4.78, 5) is 29.0. The van der Waals surface area contributed by atoms with Crippen LogP contribution in [-0.2, 0) is 13.0 Å². The van der Waals surface area contributed by atoms with E-state index in [1.54, 1.807) is 4.57 Å². The van der Waals surface area contributed by atoms with E-state index < -0.39 is 0 Å². The standard InChI is InChI=1S/C28H20ClN5O3/c1-2-23-32-26-24(28(35)33(23)14-16-10-11-21-22(12-16)37-15-36-21)25-27(31-20-9-4-3-8-19(20)30-25)34(26)18-7-5-6-17(29)13-18/h3-13H,2,14-15H2,1H3. The molecule has 0 amide bonds. The number of para-hydroxylation sites is 2. The van der Waals surface area contributed by atoms with Crippen molar-refractivity contribution >= 4 is 44.8 Å². The van der Waals surface area contributed by atoms with Gasteiger partial charge in [0.25, 0.3) is 5.56 Å². The molecule has 0 unspecified atom stereocenters. The van der Waals surface area contributed by atoms with Gasteiger partial charge in [0.15, 0.2) is 22.8 Å². The van der Waals surface area contributed by atoms with E-state index in [0.717, 1.165) is 16.8 Å². The number of hydrogen-bond donors (Lipinski definition) is 0. The van der Waals surface area contributed by atoms with Crippen LogP contribution in [0, 0.1) is 0 Å². The first-order valence-corrected chi connectivity index (χ1v) is 12.3. The third-order valence-corrected chi connectivity index (χ3v) is 6.84. The summed E-state index contributed by atoms with van der Waals surface area (Å²) in [5, 5.41) is 0.999. The number of nitrogens with zero attached hydrogens (tertiary/aromatic N) is 5. The van der Waals surface area contributed by atoms with Gasteiger partial charge >= 0.3 is 0 Å². The first kappa shape index (κ1) is 21.8. The number of hydrogen-bond acceptors (Lipinski definition) is 6. The van der Waals surface area contributed by atoms with E-state index in [9.17, 15) is 4.79 Å². The second-order valence-corrected chi connectivity index (χ2v) is 9.30. The highest BCUT2D eigenvalue weighted by Gasteiger charge is 2.23. The van der Waals surface area contributed by atoms with E-state index in [4.69, 9.17) is 36.0 Å². The summed E-state index contributed by atoms with van der Waals surface area (Å²) in [6, 6.07) is 20.8. The van der Waals surface area contributed by atoms with Gasteiger partial charge in [-0.25, -0.2) is 15.0 Å². The maximum absolute atomic E-state index is 14.2. The van der Waals surface area contributed by atoms with E-state index >= 15 is 0 Å². The molecule has 37 heavy (non-hydrogen) atoms. The highest BCUT2D eigenvalue weighted by molar-refractivity contribution is 6.30. The summed E-state index contributed by atoms with van der Waals surface area (Å²) in [5.41, 5.74) is 4.53. The second-order valence-electron chi connectivity index (χ2n) is 8.86. The fourth-order valence-corrected chi connectivity index (χ4v) is 5.07. The molecule has 6 aromatic rings. The van der Waals surface area contributed by atoms with Crippen LogP contribution in [0.3, 0.4) is 0 Å². The van der Waals surface area contributed by atoms with Crippen LogP contribution in [0.4, 0.5) is 0 Å². The smallest absolute Gasteiger partial charge is 0.265 e. The molecule has 0 fully saturated rings. The van der Waals surface area contributed by atoms with Crippen molar-refractivity contribution in [1.29, 1.82) is 0 Å². The zero-order valence-corrected chi connectivity index (χ0v) is 20.6. The molecule has 9 heteroatoms. The third kappa shape index (κ3) is 3.44. The zero-order chi connectivity index (χ0) is 25.1. The largest absolute Gasteiger partial charge is 0.454 e. The lowest BCUT2D eigenvalue weighted by Gasteiger charge is -2.13. The molecule has 3 aromatic heterocycles. The van der Waals surface area contributed by atoms with Crippen LogP contribution < -0.4 is 15.0 Å². The summed E-state index contributed by atoms with van der Waals surface area (Å²) < 4.78 is 14.6. The number of aromatic nitrogens is 5. The van der Waals surface area contributed by atoms with Gasteiger partial charge in [0.1, 0.15) is 16.7 Å². The zero-order valence-electron chi connectivity index (χ0n) is 19.8. The molecule has 0 aliphatic carbocycles. The molecule has 182 valence electrons. The number of fused-ring (bicyclic) bond motifs is 5. The van der Waals surface area contributed by atoms with Crippen LogP contribution in [0.5, 0.6) is 11.5 Å². The predicted molar refractivity (Wildman–Crippen MR) is 142 cm³/mol. The first-order valence-electron chi connectivity index (χ1n) is 12.0. The topological polar surface area (TPSA) is 84.1 Å². The summed E-state index contributed by atoms with van der Waals surface area (Å²) in [7, 11) is 0.